The first kappa shape index (κ1) is 15.1. The Bertz CT molecular complexity index is 668. The largest absolute Gasteiger partial charge is 0.489 e. The topological polar surface area (TPSA) is 29.5 Å². The number of halogens is 1. The number of para-hydroxylation sites is 1. The first-order valence-electron chi connectivity index (χ1n) is 6.83. The van der Waals surface area contributed by atoms with Crippen molar-refractivity contribution >= 4 is 0 Å². The van der Waals surface area contributed by atoms with Gasteiger partial charge in [-0.15, -0.1) is 0 Å². The van der Waals surface area contributed by atoms with E-state index in [9.17, 15) is 4.39 Å². The van der Waals surface area contributed by atoms with Crippen LogP contribution >= 0.6 is 0 Å². The van der Waals surface area contributed by atoms with Gasteiger partial charge < -0.3 is 9.84 Å². The number of hydrogen-bond acceptors (Lipinski definition) is 2. The highest BCUT2D eigenvalue weighted by Crippen LogP contribution is 2.20. The van der Waals surface area contributed by atoms with E-state index < -0.39 is 5.82 Å². The molecule has 0 aliphatic carbocycles. The van der Waals surface area contributed by atoms with Gasteiger partial charge in [-0.05, 0) is 35.7 Å². The summed E-state index contributed by atoms with van der Waals surface area (Å²) in [7, 11) is 0. The van der Waals surface area contributed by atoms with Crippen LogP contribution in [0, 0.1) is 17.7 Å². The lowest BCUT2D eigenvalue weighted by Gasteiger charge is -2.10. The van der Waals surface area contributed by atoms with Gasteiger partial charge in [0.25, 0.3) is 0 Å². The Kier molecular flexibility index (Phi) is 5.36. The molecule has 0 bridgehead atoms. The quantitative estimate of drug-likeness (QED) is 0.873. The fourth-order valence-corrected chi connectivity index (χ4v) is 1.99. The van der Waals surface area contributed by atoms with Crippen LogP contribution in [0.4, 0.5) is 4.39 Å². The minimum absolute atomic E-state index is 0.272. The predicted octanol–water partition coefficient (Wildman–Crippen LogP) is 3.31. The summed E-state index contributed by atoms with van der Waals surface area (Å²) in [5.41, 5.74) is 2.25. The van der Waals surface area contributed by atoms with Crippen molar-refractivity contribution in [3.63, 3.8) is 0 Å². The van der Waals surface area contributed by atoms with E-state index in [0.717, 1.165) is 23.3 Å². The monoisotopic (exact) mass is 284 g/mol. The molecule has 21 heavy (non-hydrogen) atoms. The summed E-state index contributed by atoms with van der Waals surface area (Å²) in [6.07, 6.45) is 0.896. The molecule has 108 valence electrons. The standard InChI is InChI=1S/C18H17FO2/c1-2-15-6-3-4-8-18(15)21-13-14-9-10-17(19)16(12-14)7-5-11-20/h3-4,6,8-10,12,20H,2,11,13H2,1H3. The third-order valence-electron chi connectivity index (χ3n) is 3.08. The highest BCUT2D eigenvalue weighted by Gasteiger charge is 2.04. The van der Waals surface area contributed by atoms with E-state index in [1.807, 2.05) is 24.3 Å². The number of ether oxygens (including phenoxy) is 1. The van der Waals surface area contributed by atoms with Gasteiger partial charge in [0.15, 0.2) is 0 Å². The molecular formula is C18H17FO2. The van der Waals surface area contributed by atoms with Crippen LogP contribution in [0.1, 0.15) is 23.6 Å². The fourth-order valence-electron chi connectivity index (χ4n) is 1.99. The van der Waals surface area contributed by atoms with E-state index in [1.165, 1.54) is 6.07 Å². The normalized spacial score (nSPS) is 9.86. The second-order valence-electron chi connectivity index (χ2n) is 4.52. The molecule has 0 amide bonds. The summed E-state index contributed by atoms with van der Waals surface area (Å²) in [5.74, 6) is 5.49. The number of rotatable bonds is 4. The predicted molar refractivity (Wildman–Crippen MR) is 80.5 cm³/mol. The molecule has 0 heterocycles. The highest BCUT2D eigenvalue weighted by atomic mass is 19.1. The van der Waals surface area contributed by atoms with Crippen LogP contribution in [0.2, 0.25) is 0 Å². The van der Waals surface area contributed by atoms with Gasteiger partial charge in [0.2, 0.25) is 0 Å². The van der Waals surface area contributed by atoms with Gasteiger partial charge >= 0.3 is 0 Å². The zero-order chi connectivity index (χ0) is 15.1. The molecular weight excluding hydrogens is 267 g/mol. The minimum Gasteiger partial charge on any atom is -0.489 e. The van der Waals surface area contributed by atoms with Gasteiger partial charge in [0.05, 0.1) is 5.56 Å². The Labute approximate surface area is 124 Å². The molecule has 0 saturated carbocycles. The van der Waals surface area contributed by atoms with Crippen molar-refractivity contribution in [2.45, 2.75) is 20.0 Å². The molecule has 0 spiro atoms. The van der Waals surface area contributed by atoms with Crippen molar-refractivity contribution in [3.8, 4) is 17.6 Å². The van der Waals surface area contributed by atoms with Crippen molar-refractivity contribution < 1.29 is 14.2 Å². The number of aliphatic hydroxyl groups is 1. The van der Waals surface area contributed by atoms with Gasteiger partial charge in [-0.2, -0.15) is 0 Å². The second kappa shape index (κ2) is 7.47. The molecule has 0 fully saturated rings. The van der Waals surface area contributed by atoms with Gasteiger partial charge in [-0.3, -0.25) is 0 Å². The molecule has 0 aliphatic rings. The third kappa shape index (κ3) is 4.08. The van der Waals surface area contributed by atoms with Crippen LogP contribution in [0.3, 0.4) is 0 Å². The lowest BCUT2D eigenvalue weighted by molar-refractivity contribution is 0.303. The Morgan fingerprint density at radius 1 is 1.19 bits per heavy atom. The average molecular weight is 284 g/mol. The summed E-state index contributed by atoms with van der Waals surface area (Å²) in [6.45, 7) is 2.14. The average Bonchev–Trinajstić information content (AvgIpc) is 2.53. The maximum Gasteiger partial charge on any atom is 0.138 e. The Morgan fingerprint density at radius 3 is 2.76 bits per heavy atom. The Balaban J connectivity index is 2.13. The van der Waals surface area contributed by atoms with Crippen LogP contribution in [-0.2, 0) is 13.0 Å². The molecule has 2 aromatic carbocycles. The zero-order valence-corrected chi connectivity index (χ0v) is 11.9. The first-order chi connectivity index (χ1) is 10.2. The number of aliphatic hydroxyl groups excluding tert-OH is 1. The number of hydrogen-bond donors (Lipinski definition) is 1. The molecule has 2 rings (SSSR count). The zero-order valence-electron chi connectivity index (χ0n) is 11.9. The lowest BCUT2D eigenvalue weighted by Crippen LogP contribution is -1.99. The smallest absolute Gasteiger partial charge is 0.138 e. The first-order valence-corrected chi connectivity index (χ1v) is 6.83. The minimum atomic E-state index is -0.395. The van der Waals surface area contributed by atoms with E-state index >= 15 is 0 Å². The maximum atomic E-state index is 13.5. The third-order valence-corrected chi connectivity index (χ3v) is 3.08. The molecule has 0 unspecified atom stereocenters. The van der Waals surface area contributed by atoms with Gasteiger partial charge in [0.1, 0.15) is 24.8 Å². The summed E-state index contributed by atoms with van der Waals surface area (Å²) in [5, 5.41) is 8.68. The van der Waals surface area contributed by atoms with Crippen molar-refractivity contribution in [2.24, 2.45) is 0 Å². The van der Waals surface area contributed by atoms with Crippen molar-refractivity contribution in [3.05, 3.63) is 65.0 Å². The van der Waals surface area contributed by atoms with Crippen molar-refractivity contribution in [2.75, 3.05) is 6.61 Å². The SMILES string of the molecule is CCc1ccccc1OCc1ccc(F)c(C#CCO)c1. The molecule has 2 aromatic rings. The number of aryl methyl sites for hydroxylation is 1. The van der Waals surface area contributed by atoms with Gasteiger partial charge in [-0.25, -0.2) is 4.39 Å². The second-order valence-corrected chi connectivity index (χ2v) is 4.52. The van der Waals surface area contributed by atoms with Crippen LogP contribution < -0.4 is 4.74 Å². The summed E-state index contributed by atoms with van der Waals surface area (Å²) in [4.78, 5) is 0. The molecule has 0 atom stereocenters. The summed E-state index contributed by atoms with van der Waals surface area (Å²) in [6, 6.07) is 12.5. The van der Waals surface area contributed by atoms with Crippen LogP contribution in [0.25, 0.3) is 0 Å². The van der Waals surface area contributed by atoms with Crippen molar-refractivity contribution in [1.82, 2.24) is 0 Å². The molecule has 1 N–H and O–H groups in total. The van der Waals surface area contributed by atoms with Crippen LogP contribution in [-0.4, -0.2) is 11.7 Å². The van der Waals surface area contributed by atoms with Crippen LogP contribution in [0.5, 0.6) is 5.75 Å². The summed E-state index contributed by atoms with van der Waals surface area (Å²) >= 11 is 0. The van der Waals surface area contributed by atoms with Gasteiger partial charge in [0, 0.05) is 0 Å². The van der Waals surface area contributed by atoms with Crippen LogP contribution in [0.15, 0.2) is 42.5 Å². The van der Waals surface area contributed by atoms with E-state index in [2.05, 4.69) is 18.8 Å². The highest BCUT2D eigenvalue weighted by molar-refractivity contribution is 5.39. The molecule has 0 radical (unpaired) electrons. The Morgan fingerprint density at radius 2 is 2.00 bits per heavy atom. The van der Waals surface area contributed by atoms with E-state index in [-0.39, 0.29) is 12.2 Å². The molecule has 0 saturated heterocycles. The summed E-state index contributed by atoms with van der Waals surface area (Å²) < 4.78 is 19.3. The maximum absolute atomic E-state index is 13.5. The molecule has 0 aromatic heterocycles. The lowest BCUT2D eigenvalue weighted by atomic mass is 10.1. The fraction of sp³-hybridized carbons (Fsp3) is 0.222. The van der Waals surface area contributed by atoms with E-state index in [0.29, 0.717) is 6.61 Å². The van der Waals surface area contributed by atoms with E-state index in [1.54, 1.807) is 12.1 Å². The molecule has 3 heteroatoms. The molecule has 2 nitrogen and oxygen atoms in total. The number of benzene rings is 2. The molecule has 0 aliphatic heterocycles. The van der Waals surface area contributed by atoms with Crippen molar-refractivity contribution in [1.29, 1.82) is 0 Å². The Hall–Kier alpha value is -2.31. The van der Waals surface area contributed by atoms with Gasteiger partial charge in [-0.1, -0.05) is 43.0 Å². The van der Waals surface area contributed by atoms with E-state index in [4.69, 9.17) is 9.84 Å².